The van der Waals surface area contributed by atoms with Gasteiger partial charge in [0.25, 0.3) is 5.91 Å². The van der Waals surface area contributed by atoms with Crippen LogP contribution in [0.3, 0.4) is 0 Å². The first-order valence-corrected chi connectivity index (χ1v) is 6.92. The van der Waals surface area contributed by atoms with Gasteiger partial charge in [-0.25, -0.2) is 10.0 Å². The van der Waals surface area contributed by atoms with Crippen molar-refractivity contribution in [3.05, 3.63) is 42.1 Å². The molecule has 1 amide bonds. The van der Waals surface area contributed by atoms with Gasteiger partial charge < -0.3 is 13.9 Å². The number of hydrogen-bond acceptors (Lipinski definition) is 6. The van der Waals surface area contributed by atoms with Crippen LogP contribution in [0.2, 0.25) is 0 Å². The summed E-state index contributed by atoms with van der Waals surface area (Å²) in [6, 6.07) is 7.16. The predicted octanol–water partition coefficient (Wildman–Crippen LogP) is 2.04. The summed E-state index contributed by atoms with van der Waals surface area (Å²) in [6.45, 7) is 1.26. The highest BCUT2D eigenvalue weighted by molar-refractivity contribution is 5.91. The van der Waals surface area contributed by atoms with E-state index >= 15 is 0 Å². The zero-order valence-electron chi connectivity index (χ0n) is 12.2. The SMILES string of the molecule is COc1ccc(OCc2nc(C(=O)N3CCCO3)co2)cc1. The molecule has 1 aliphatic rings. The van der Waals surface area contributed by atoms with Crippen molar-refractivity contribution in [1.82, 2.24) is 10.0 Å². The van der Waals surface area contributed by atoms with E-state index in [9.17, 15) is 4.79 Å². The van der Waals surface area contributed by atoms with Crippen molar-refractivity contribution < 1.29 is 23.5 Å². The van der Waals surface area contributed by atoms with E-state index in [4.69, 9.17) is 18.7 Å². The monoisotopic (exact) mass is 304 g/mol. The highest BCUT2D eigenvalue weighted by Gasteiger charge is 2.23. The Bertz CT molecular complexity index is 632. The average molecular weight is 304 g/mol. The minimum atomic E-state index is -0.294. The fourth-order valence-electron chi connectivity index (χ4n) is 2.03. The fraction of sp³-hybridized carbons (Fsp3) is 0.333. The number of hydrogen-bond donors (Lipinski definition) is 0. The Hall–Kier alpha value is -2.54. The minimum Gasteiger partial charge on any atom is -0.497 e. The van der Waals surface area contributed by atoms with Gasteiger partial charge in [-0.1, -0.05) is 0 Å². The summed E-state index contributed by atoms with van der Waals surface area (Å²) in [5.41, 5.74) is 0.218. The first-order valence-electron chi connectivity index (χ1n) is 6.92. The third-order valence-electron chi connectivity index (χ3n) is 3.17. The molecule has 0 aliphatic carbocycles. The van der Waals surface area contributed by atoms with Gasteiger partial charge >= 0.3 is 0 Å². The van der Waals surface area contributed by atoms with Gasteiger partial charge in [-0.05, 0) is 30.7 Å². The Morgan fingerprint density at radius 3 is 2.77 bits per heavy atom. The molecule has 116 valence electrons. The average Bonchev–Trinajstić information content (AvgIpc) is 3.24. The number of amides is 1. The van der Waals surface area contributed by atoms with Gasteiger partial charge in [-0.2, -0.15) is 0 Å². The van der Waals surface area contributed by atoms with Gasteiger partial charge in [-0.15, -0.1) is 0 Å². The van der Waals surface area contributed by atoms with E-state index in [1.165, 1.54) is 11.3 Å². The van der Waals surface area contributed by atoms with Gasteiger partial charge in [0, 0.05) is 0 Å². The fourth-order valence-corrected chi connectivity index (χ4v) is 2.03. The van der Waals surface area contributed by atoms with Crippen molar-refractivity contribution in [2.75, 3.05) is 20.3 Å². The molecular weight excluding hydrogens is 288 g/mol. The number of rotatable bonds is 5. The van der Waals surface area contributed by atoms with Gasteiger partial charge in [0.2, 0.25) is 5.89 Å². The second-order valence-corrected chi connectivity index (χ2v) is 4.68. The van der Waals surface area contributed by atoms with Gasteiger partial charge in [0.05, 0.1) is 20.3 Å². The van der Waals surface area contributed by atoms with E-state index in [1.54, 1.807) is 31.4 Å². The van der Waals surface area contributed by atoms with Crippen LogP contribution in [0.1, 0.15) is 22.8 Å². The van der Waals surface area contributed by atoms with Crippen LogP contribution in [-0.4, -0.2) is 36.2 Å². The van der Waals surface area contributed by atoms with Gasteiger partial charge in [-0.3, -0.25) is 9.63 Å². The van der Waals surface area contributed by atoms with Crippen molar-refractivity contribution in [3.8, 4) is 11.5 Å². The van der Waals surface area contributed by atoms with E-state index in [1.807, 2.05) is 0 Å². The van der Waals surface area contributed by atoms with Crippen LogP contribution in [0.4, 0.5) is 0 Å². The van der Waals surface area contributed by atoms with Crippen LogP contribution in [0.25, 0.3) is 0 Å². The molecule has 3 rings (SSSR count). The molecule has 7 heteroatoms. The van der Waals surface area contributed by atoms with Crippen molar-refractivity contribution in [3.63, 3.8) is 0 Å². The van der Waals surface area contributed by atoms with Gasteiger partial charge in [0.15, 0.2) is 12.3 Å². The standard InChI is InChI=1S/C15H16N2O5/c1-19-11-3-5-12(6-4-11)20-10-14-16-13(9-21-14)15(18)17-7-2-8-22-17/h3-6,9H,2,7-8,10H2,1H3. The summed E-state index contributed by atoms with van der Waals surface area (Å²) in [5, 5.41) is 1.30. The van der Waals surface area contributed by atoms with E-state index in [-0.39, 0.29) is 18.2 Å². The molecule has 0 atom stereocenters. The summed E-state index contributed by atoms with van der Waals surface area (Å²) in [6.07, 6.45) is 2.15. The lowest BCUT2D eigenvalue weighted by molar-refractivity contribution is -0.0771. The lowest BCUT2D eigenvalue weighted by Gasteiger charge is -2.10. The zero-order valence-corrected chi connectivity index (χ0v) is 12.2. The molecule has 1 aromatic heterocycles. The molecule has 2 aromatic rings. The van der Waals surface area contributed by atoms with Crippen molar-refractivity contribution in [1.29, 1.82) is 0 Å². The molecule has 22 heavy (non-hydrogen) atoms. The number of methoxy groups -OCH3 is 1. The molecule has 1 saturated heterocycles. The number of carbonyl (C=O) groups excluding carboxylic acids is 1. The number of aromatic nitrogens is 1. The molecule has 0 spiro atoms. The van der Waals surface area contributed by atoms with Crippen LogP contribution in [0.15, 0.2) is 34.9 Å². The molecule has 7 nitrogen and oxygen atoms in total. The molecule has 0 unspecified atom stereocenters. The summed E-state index contributed by atoms with van der Waals surface area (Å²) in [4.78, 5) is 21.3. The van der Waals surface area contributed by atoms with Crippen molar-refractivity contribution in [2.45, 2.75) is 13.0 Å². The molecule has 0 saturated carbocycles. The van der Waals surface area contributed by atoms with E-state index < -0.39 is 0 Å². The van der Waals surface area contributed by atoms with Crippen LogP contribution in [0, 0.1) is 0 Å². The van der Waals surface area contributed by atoms with Crippen LogP contribution < -0.4 is 9.47 Å². The number of oxazole rings is 1. The van der Waals surface area contributed by atoms with E-state index in [2.05, 4.69) is 4.98 Å². The van der Waals surface area contributed by atoms with Crippen LogP contribution in [-0.2, 0) is 11.4 Å². The first-order chi connectivity index (χ1) is 10.8. The summed E-state index contributed by atoms with van der Waals surface area (Å²) >= 11 is 0. The Morgan fingerprint density at radius 1 is 1.32 bits per heavy atom. The zero-order chi connectivity index (χ0) is 15.4. The number of ether oxygens (including phenoxy) is 2. The van der Waals surface area contributed by atoms with Crippen molar-refractivity contribution >= 4 is 5.91 Å². The molecule has 0 radical (unpaired) electrons. The topological polar surface area (TPSA) is 74.0 Å². The minimum absolute atomic E-state index is 0.139. The second-order valence-electron chi connectivity index (χ2n) is 4.68. The third kappa shape index (κ3) is 3.20. The third-order valence-corrected chi connectivity index (χ3v) is 3.17. The smallest absolute Gasteiger partial charge is 0.299 e. The Labute approximate surface area is 127 Å². The second kappa shape index (κ2) is 6.48. The first kappa shape index (κ1) is 14.4. The number of nitrogens with zero attached hydrogens (tertiary/aromatic N) is 2. The van der Waals surface area contributed by atoms with E-state index in [0.29, 0.717) is 24.8 Å². The highest BCUT2D eigenvalue weighted by Crippen LogP contribution is 2.18. The van der Waals surface area contributed by atoms with Crippen LogP contribution in [0.5, 0.6) is 11.5 Å². The summed E-state index contributed by atoms with van der Waals surface area (Å²) in [5.74, 6) is 1.45. The quantitative estimate of drug-likeness (QED) is 0.841. The predicted molar refractivity (Wildman–Crippen MR) is 75.4 cm³/mol. The summed E-state index contributed by atoms with van der Waals surface area (Å²) in [7, 11) is 1.60. The molecule has 0 N–H and O–H groups in total. The van der Waals surface area contributed by atoms with Crippen molar-refractivity contribution in [2.24, 2.45) is 0 Å². The Balaban J connectivity index is 1.57. The Morgan fingerprint density at radius 2 is 2.09 bits per heavy atom. The molecule has 1 fully saturated rings. The normalized spacial score (nSPS) is 14.1. The maximum atomic E-state index is 12.0. The molecular formula is C15H16N2O5. The lowest BCUT2D eigenvalue weighted by Crippen LogP contribution is -2.26. The molecule has 2 heterocycles. The largest absolute Gasteiger partial charge is 0.497 e. The molecule has 0 bridgehead atoms. The van der Waals surface area contributed by atoms with Gasteiger partial charge in [0.1, 0.15) is 17.8 Å². The molecule has 1 aromatic carbocycles. The number of hydroxylamine groups is 2. The number of carbonyl (C=O) groups is 1. The molecule has 1 aliphatic heterocycles. The summed E-state index contributed by atoms with van der Waals surface area (Å²) < 4.78 is 15.9. The lowest BCUT2D eigenvalue weighted by atomic mass is 10.3. The van der Waals surface area contributed by atoms with Crippen LogP contribution >= 0.6 is 0 Å². The van der Waals surface area contributed by atoms with E-state index in [0.717, 1.165) is 12.2 Å². The Kier molecular flexibility index (Phi) is 4.24. The number of benzene rings is 1. The highest BCUT2D eigenvalue weighted by atomic mass is 16.7. The maximum Gasteiger partial charge on any atom is 0.299 e. The maximum absolute atomic E-state index is 12.0.